The second kappa shape index (κ2) is 6.72. The highest BCUT2D eigenvalue weighted by molar-refractivity contribution is 6.42. The van der Waals surface area contributed by atoms with E-state index in [1.165, 1.54) is 0 Å². The molecule has 0 radical (unpaired) electrons. The van der Waals surface area contributed by atoms with Crippen molar-refractivity contribution in [2.75, 3.05) is 0 Å². The molecule has 0 bridgehead atoms. The number of ketones is 1. The molecule has 0 aromatic heterocycles. The minimum Gasteiger partial charge on any atom is -0.299 e. The van der Waals surface area contributed by atoms with Crippen LogP contribution in [-0.4, -0.2) is 5.78 Å². The van der Waals surface area contributed by atoms with Gasteiger partial charge in [-0.05, 0) is 30.5 Å². The van der Waals surface area contributed by atoms with Crippen LogP contribution >= 0.6 is 23.2 Å². The van der Waals surface area contributed by atoms with Crippen LogP contribution in [0.5, 0.6) is 0 Å². The largest absolute Gasteiger partial charge is 0.299 e. The fraction of sp³-hybridized carbons (Fsp3) is 0.308. The molecule has 0 fully saturated rings. The first-order valence-electron chi connectivity index (χ1n) is 5.20. The number of benzene rings is 1. The van der Waals surface area contributed by atoms with E-state index in [0.29, 0.717) is 22.9 Å². The lowest BCUT2D eigenvalue weighted by Gasteiger charge is -2.02. The highest BCUT2D eigenvalue weighted by Gasteiger charge is 2.05. The summed E-state index contributed by atoms with van der Waals surface area (Å²) in [6.07, 6.45) is 4.59. The lowest BCUT2D eigenvalue weighted by Crippen LogP contribution is -2.02. The van der Waals surface area contributed by atoms with Crippen molar-refractivity contribution < 1.29 is 4.79 Å². The molecular formula is C13H14Cl2O. The maximum absolute atomic E-state index is 11.6. The molecule has 86 valence electrons. The highest BCUT2D eigenvalue weighted by Crippen LogP contribution is 2.23. The van der Waals surface area contributed by atoms with Gasteiger partial charge in [0.15, 0.2) is 0 Å². The molecule has 16 heavy (non-hydrogen) atoms. The van der Waals surface area contributed by atoms with Gasteiger partial charge in [-0.25, -0.2) is 0 Å². The van der Waals surface area contributed by atoms with Crippen LogP contribution in [0.2, 0.25) is 10.0 Å². The summed E-state index contributed by atoms with van der Waals surface area (Å²) in [5.41, 5.74) is 0.915. The van der Waals surface area contributed by atoms with Gasteiger partial charge in [0, 0.05) is 12.8 Å². The van der Waals surface area contributed by atoms with Crippen LogP contribution < -0.4 is 0 Å². The van der Waals surface area contributed by atoms with Crippen LogP contribution in [0, 0.1) is 0 Å². The van der Waals surface area contributed by atoms with Gasteiger partial charge in [-0.15, -0.1) is 6.58 Å². The predicted molar refractivity (Wildman–Crippen MR) is 69.2 cm³/mol. The van der Waals surface area contributed by atoms with Crippen LogP contribution in [0.15, 0.2) is 30.9 Å². The molecule has 0 spiro atoms. The monoisotopic (exact) mass is 256 g/mol. The van der Waals surface area contributed by atoms with Crippen LogP contribution in [-0.2, 0) is 11.2 Å². The topological polar surface area (TPSA) is 17.1 Å². The van der Waals surface area contributed by atoms with E-state index in [0.717, 1.165) is 18.4 Å². The summed E-state index contributed by atoms with van der Waals surface area (Å²) >= 11 is 11.7. The number of halogens is 2. The van der Waals surface area contributed by atoms with Crippen LogP contribution in [0.4, 0.5) is 0 Å². The number of Topliss-reactive ketones (excluding diaryl/α,β-unsaturated/α-hetero) is 1. The second-order valence-corrected chi connectivity index (χ2v) is 4.46. The Hall–Kier alpha value is -0.790. The Balaban J connectivity index is 2.49. The lowest BCUT2D eigenvalue weighted by atomic mass is 10.1. The minimum atomic E-state index is 0.222. The molecule has 0 aliphatic carbocycles. The molecule has 0 aliphatic rings. The average molecular weight is 257 g/mol. The third-order valence-corrected chi connectivity index (χ3v) is 2.99. The Morgan fingerprint density at radius 3 is 2.69 bits per heavy atom. The van der Waals surface area contributed by atoms with E-state index < -0.39 is 0 Å². The van der Waals surface area contributed by atoms with Crippen molar-refractivity contribution in [2.24, 2.45) is 0 Å². The molecule has 0 heterocycles. The summed E-state index contributed by atoms with van der Waals surface area (Å²) in [4.78, 5) is 11.6. The van der Waals surface area contributed by atoms with E-state index in [-0.39, 0.29) is 5.78 Å². The number of hydrogen-bond donors (Lipinski definition) is 0. The summed E-state index contributed by atoms with van der Waals surface area (Å²) in [6, 6.07) is 5.30. The summed E-state index contributed by atoms with van der Waals surface area (Å²) in [5.74, 6) is 0.222. The van der Waals surface area contributed by atoms with Crippen molar-refractivity contribution in [3.63, 3.8) is 0 Å². The fourth-order valence-corrected chi connectivity index (χ4v) is 1.73. The molecule has 3 heteroatoms. The van der Waals surface area contributed by atoms with Crippen molar-refractivity contribution in [1.29, 1.82) is 0 Å². The smallest absolute Gasteiger partial charge is 0.137 e. The quantitative estimate of drug-likeness (QED) is 0.543. The van der Waals surface area contributed by atoms with Crippen LogP contribution in [0.25, 0.3) is 0 Å². The SMILES string of the molecule is C=CCCCC(=O)Cc1ccc(Cl)c(Cl)c1. The number of rotatable bonds is 6. The first kappa shape index (κ1) is 13.3. The molecule has 0 amide bonds. The Bertz CT molecular complexity index is 386. The van der Waals surface area contributed by atoms with Gasteiger partial charge in [0.25, 0.3) is 0 Å². The van der Waals surface area contributed by atoms with Gasteiger partial charge in [-0.1, -0.05) is 35.3 Å². The van der Waals surface area contributed by atoms with E-state index in [9.17, 15) is 4.79 Å². The summed E-state index contributed by atoms with van der Waals surface area (Å²) in [7, 11) is 0. The number of carbonyl (C=O) groups excluding carboxylic acids is 1. The Kier molecular flexibility index (Phi) is 5.58. The number of hydrogen-bond acceptors (Lipinski definition) is 1. The number of carbonyl (C=O) groups is 1. The lowest BCUT2D eigenvalue weighted by molar-refractivity contribution is -0.118. The fourth-order valence-electron chi connectivity index (χ4n) is 1.41. The molecule has 0 atom stereocenters. The van der Waals surface area contributed by atoms with Crippen molar-refractivity contribution in [3.8, 4) is 0 Å². The molecule has 0 aliphatic heterocycles. The van der Waals surface area contributed by atoms with Crippen molar-refractivity contribution in [2.45, 2.75) is 25.7 Å². The molecule has 0 saturated carbocycles. The van der Waals surface area contributed by atoms with Gasteiger partial charge in [0.2, 0.25) is 0 Å². The maximum Gasteiger partial charge on any atom is 0.137 e. The Labute approximate surface area is 106 Å². The predicted octanol–water partition coefficient (Wildman–Crippen LogP) is 4.46. The maximum atomic E-state index is 11.6. The molecule has 1 aromatic carbocycles. The summed E-state index contributed by atoms with van der Waals surface area (Å²) in [5, 5.41) is 1.02. The first-order valence-corrected chi connectivity index (χ1v) is 5.95. The Morgan fingerprint density at radius 1 is 1.31 bits per heavy atom. The number of allylic oxidation sites excluding steroid dienone is 1. The van der Waals surface area contributed by atoms with Gasteiger partial charge < -0.3 is 0 Å². The van der Waals surface area contributed by atoms with E-state index in [1.807, 2.05) is 12.1 Å². The standard InChI is InChI=1S/C13H14Cl2O/c1-2-3-4-5-11(16)8-10-6-7-12(14)13(15)9-10/h2,6-7,9H,1,3-5,8H2. The number of unbranched alkanes of at least 4 members (excludes halogenated alkanes) is 1. The zero-order valence-corrected chi connectivity index (χ0v) is 10.5. The molecule has 0 saturated heterocycles. The van der Waals surface area contributed by atoms with E-state index in [1.54, 1.807) is 12.1 Å². The van der Waals surface area contributed by atoms with Crippen LogP contribution in [0.1, 0.15) is 24.8 Å². The van der Waals surface area contributed by atoms with Gasteiger partial charge >= 0.3 is 0 Å². The normalized spacial score (nSPS) is 10.1. The highest BCUT2D eigenvalue weighted by atomic mass is 35.5. The molecule has 1 nitrogen and oxygen atoms in total. The molecular weight excluding hydrogens is 243 g/mol. The Morgan fingerprint density at radius 2 is 2.06 bits per heavy atom. The third kappa shape index (κ3) is 4.38. The zero-order chi connectivity index (χ0) is 12.0. The molecule has 0 unspecified atom stereocenters. The zero-order valence-electron chi connectivity index (χ0n) is 9.01. The molecule has 0 N–H and O–H groups in total. The van der Waals surface area contributed by atoms with Gasteiger partial charge in [0.05, 0.1) is 10.0 Å². The van der Waals surface area contributed by atoms with E-state index >= 15 is 0 Å². The van der Waals surface area contributed by atoms with Gasteiger partial charge in [-0.3, -0.25) is 4.79 Å². The van der Waals surface area contributed by atoms with E-state index in [2.05, 4.69) is 6.58 Å². The first-order chi connectivity index (χ1) is 7.63. The molecule has 1 aromatic rings. The van der Waals surface area contributed by atoms with Crippen molar-refractivity contribution >= 4 is 29.0 Å². The van der Waals surface area contributed by atoms with Gasteiger partial charge in [0.1, 0.15) is 5.78 Å². The average Bonchev–Trinajstić information content (AvgIpc) is 2.24. The third-order valence-electron chi connectivity index (χ3n) is 2.25. The van der Waals surface area contributed by atoms with Crippen LogP contribution in [0.3, 0.4) is 0 Å². The second-order valence-electron chi connectivity index (χ2n) is 3.64. The summed E-state index contributed by atoms with van der Waals surface area (Å²) < 4.78 is 0. The molecule has 1 rings (SSSR count). The van der Waals surface area contributed by atoms with E-state index in [4.69, 9.17) is 23.2 Å². The minimum absolute atomic E-state index is 0.222. The van der Waals surface area contributed by atoms with Crippen molar-refractivity contribution in [3.05, 3.63) is 46.5 Å². The summed E-state index contributed by atoms with van der Waals surface area (Å²) in [6.45, 7) is 3.62. The van der Waals surface area contributed by atoms with Crippen molar-refractivity contribution in [1.82, 2.24) is 0 Å². The van der Waals surface area contributed by atoms with Gasteiger partial charge in [-0.2, -0.15) is 0 Å².